The van der Waals surface area contributed by atoms with E-state index < -0.39 is 0 Å². The number of anilines is 5. The topological polar surface area (TPSA) is 108 Å². The number of hydrogen-bond acceptors (Lipinski definition) is 8. The third kappa shape index (κ3) is 4.98. The number of piperidine rings is 1. The van der Waals surface area contributed by atoms with Crippen molar-refractivity contribution < 1.29 is 4.79 Å². The summed E-state index contributed by atoms with van der Waals surface area (Å²) < 4.78 is 0. The summed E-state index contributed by atoms with van der Waals surface area (Å²) in [5.74, 6) is 1.09. The maximum Gasteiger partial charge on any atom is 0.255 e. The first-order chi connectivity index (χ1) is 17.1. The van der Waals surface area contributed by atoms with E-state index >= 15 is 0 Å². The van der Waals surface area contributed by atoms with Crippen molar-refractivity contribution in [1.29, 1.82) is 0 Å². The van der Waals surface area contributed by atoms with Gasteiger partial charge >= 0.3 is 0 Å². The van der Waals surface area contributed by atoms with Crippen molar-refractivity contribution in [1.82, 2.24) is 19.9 Å². The monoisotopic (exact) mass is 468 g/mol. The number of carbonyl (C=O) groups excluding carboxylic acids is 1. The molecular weight excluding hydrogens is 440 g/mol. The molecule has 1 aliphatic rings. The summed E-state index contributed by atoms with van der Waals surface area (Å²) in [4.78, 5) is 33.3. The fourth-order valence-corrected chi connectivity index (χ4v) is 4.16. The Balaban J connectivity index is 1.42. The Labute approximate surface area is 204 Å². The maximum atomic E-state index is 13.0. The van der Waals surface area contributed by atoms with Gasteiger partial charge in [0.15, 0.2) is 5.82 Å². The number of nitrogens with zero attached hydrogens (tertiary/aromatic N) is 5. The zero-order valence-corrected chi connectivity index (χ0v) is 19.9. The zero-order chi connectivity index (χ0) is 24.2. The van der Waals surface area contributed by atoms with Gasteiger partial charge in [-0.05, 0) is 62.1 Å². The molecule has 0 bridgehead atoms. The number of aromatic nitrogens is 4. The maximum absolute atomic E-state index is 13.0. The molecule has 1 amide bonds. The lowest BCUT2D eigenvalue weighted by molar-refractivity contribution is 0.102. The summed E-state index contributed by atoms with van der Waals surface area (Å²) in [6, 6.07) is 13.1. The van der Waals surface area contributed by atoms with Crippen LogP contribution in [0.5, 0.6) is 0 Å². The third-order valence-electron chi connectivity index (χ3n) is 6.17. The Bertz CT molecular complexity index is 1370. The molecule has 0 aliphatic carbocycles. The van der Waals surface area contributed by atoms with E-state index in [4.69, 9.17) is 4.98 Å². The van der Waals surface area contributed by atoms with Gasteiger partial charge in [0, 0.05) is 42.8 Å². The minimum absolute atomic E-state index is 0.191. The first-order valence-electron chi connectivity index (χ1n) is 11.8. The van der Waals surface area contributed by atoms with Crippen molar-refractivity contribution in [2.24, 2.45) is 0 Å². The highest BCUT2D eigenvalue weighted by Gasteiger charge is 2.16. The van der Waals surface area contributed by atoms with Crippen molar-refractivity contribution in [3.8, 4) is 0 Å². The number of fused-ring (bicyclic) bond motifs is 1. The van der Waals surface area contributed by atoms with Crippen LogP contribution < -0.4 is 20.9 Å². The summed E-state index contributed by atoms with van der Waals surface area (Å²) >= 11 is 0. The molecule has 1 saturated heterocycles. The molecule has 0 unspecified atom stereocenters. The smallest absolute Gasteiger partial charge is 0.255 e. The lowest BCUT2D eigenvalue weighted by Crippen LogP contribution is -2.31. The first-order valence-corrected chi connectivity index (χ1v) is 11.8. The molecule has 9 heteroatoms. The number of aryl methyl sites for hydroxylation is 1. The van der Waals surface area contributed by atoms with Crippen molar-refractivity contribution in [3.63, 3.8) is 0 Å². The van der Waals surface area contributed by atoms with Crippen LogP contribution in [0.2, 0.25) is 0 Å². The molecule has 1 fully saturated rings. The molecule has 0 radical (unpaired) electrons. The second-order valence-electron chi connectivity index (χ2n) is 8.61. The second-order valence-corrected chi connectivity index (χ2v) is 8.61. The molecule has 178 valence electrons. The van der Waals surface area contributed by atoms with E-state index in [1.165, 1.54) is 12.7 Å². The summed E-state index contributed by atoms with van der Waals surface area (Å²) in [7, 11) is 1.84. The third-order valence-corrected chi connectivity index (χ3v) is 6.17. The largest absolute Gasteiger partial charge is 0.388 e. The van der Waals surface area contributed by atoms with Crippen LogP contribution in [0.4, 0.5) is 28.8 Å². The van der Waals surface area contributed by atoms with E-state index in [1.807, 2.05) is 56.4 Å². The summed E-state index contributed by atoms with van der Waals surface area (Å²) in [6.07, 6.45) is 6.77. The van der Waals surface area contributed by atoms with Gasteiger partial charge in [0.1, 0.15) is 17.4 Å². The van der Waals surface area contributed by atoms with Crippen molar-refractivity contribution in [3.05, 3.63) is 66.1 Å². The van der Waals surface area contributed by atoms with Gasteiger partial charge in [-0.1, -0.05) is 12.1 Å². The van der Waals surface area contributed by atoms with Gasteiger partial charge in [-0.2, -0.15) is 0 Å². The summed E-state index contributed by atoms with van der Waals surface area (Å²) in [5.41, 5.74) is 5.27. The van der Waals surface area contributed by atoms with Crippen LogP contribution in [0, 0.1) is 6.92 Å². The van der Waals surface area contributed by atoms with Gasteiger partial charge < -0.3 is 20.9 Å². The molecule has 9 nitrogen and oxygen atoms in total. The molecular formula is C26H28N8O. The van der Waals surface area contributed by atoms with Crippen LogP contribution in [-0.2, 0) is 0 Å². The number of hydrogen-bond donors (Lipinski definition) is 3. The number of amides is 1. The average molecular weight is 469 g/mol. The lowest BCUT2D eigenvalue weighted by Gasteiger charge is -2.26. The highest BCUT2D eigenvalue weighted by molar-refractivity contribution is 6.05. The fourth-order valence-electron chi connectivity index (χ4n) is 4.16. The minimum Gasteiger partial charge on any atom is -0.388 e. The van der Waals surface area contributed by atoms with E-state index in [1.54, 1.807) is 6.20 Å². The Hall–Kier alpha value is -4.27. The molecule has 1 aliphatic heterocycles. The molecule has 0 spiro atoms. The number of carbonyl (C=O) groups is 1. The number of rotatable bonds is 6. The summed E-state index contributed by atoms with van der Waals surface area (Å²) in [5, 5.41) is 9.41. The van der Waals surface area contributed by atoms with Crippen LogP contribution in [-0.4, -0.2) is 46.0 Å². The van der Waals surface area contributed by atoms with Gasteiger partial charge in [0.05, 0.1) is 6.20 Å². The van der Waals surface area contributed by atoms with E-state index in [0.29, 0.717) is 28.4 Å². The highest BCUT2D eigenvalue weighted by atomic mass is 16.1. The van der Waals surface area contributed by atoms with Gasteiger partial charge in [-0.3, -0.25) is 4.79 Å². The highest BCUT2D eigenvalue weighted by Crippen LogP contribution is 2.27. The molecule has 4 aromatic rings. The van der Waals surface area contributed by atoms with E-state index in [2.05, 4.69) is 35.8 Å². The normalized spacial score (nSPS) is 13.5. The predicted molar refractivity (Wildman–Crippen MR) is 140 cm³/mol. The first kappa shape index (κ1) is 22.5. The van der Waals surface area contributed by atoms with Gasteiger partial charge in [-0.25, -0.2) is 19.9 Å². The van der Waals surface area contributed by atoms with Crippen LogP contribution in [0.25, 0.3) is 11.0 Å². The van der Waals surface area contributed by atoms with Crippen LogP contribution >= 0.6 is 0 Å². The van der Waals surface area contributed by atoms with Crippen molar-refractivity contribution >= 4 is 45.8 Å². The second kappa shape index (κ2) is 9.92. The SMILES string of the molecule is CNc1cccc(NC(=O)c2ccc(C)c(Nc3ncnc4cnc(N5CCCCC5)nc34)c2)c1. The van der Waals surface area contributed by atoms with Crippen LogP contribution in [0.1, 0.15) is 35.2 Å². The number of nitrogens with one attached hydrogen (secondary N) is 3. The number of benzene rings is 2. The quantitative estimate of drug-likeness (QED) is 0.372. The van der Waals surface area contributed by atoms with Gasteiger partial charge in [-0.15, -0.1) is 0 Å². The molecule has 2 aromatic heterocycles. The Kier molecular flexibility index (Phi) is 6.38. The molecule has 3 N–H and O–H groups in total. The Morgan fingerprint density at radius 1 is 0.971 bits per heavy atom. The predicted octanol–water partition coefficient (Wildman–Crippen LogP) is 4.76. The molecule has 0 atom stereocenters. The zero-order valence-electron chi connectivity index (χ0n) is 19.9. The minimum atomic E-state index is -0.191. The molecule has 0 saturated carbocycles. The van der Waals surface area contributed by atoms with E-state index in [0.717, 1.165) is 48.6 Å². The van der Waals surface area contributed by atoms with Crippen LogP contribution in [0.15, 0.2) is 55.0 Å². The molecule has 35 heavy (non-hydrogen) atoms. The molecule has 2 aromatic carbocycles. The van der Waals surface area contributed by atoms with Crippen molar-refractivity contribution in [2.75, 3.05) is 41.0 Å². The van der Waals surface area contributed by atoms with E-state index in [-0.39, 0.29) is 5.91 Å². The summed E-state index contributed by atoms with van der Waals surface area (Å²) in [6.45, 7) is 3.89. The molecule has 3 heterocycles. The standard InChI is InChI=1S/C26H28N8O/c1-17-9-10-18(25(35)31-20-8-6-7-19(14-20)27-2)13-21(17)32-24-23-22(29-16-30-24)15-28-26(33-23)34-11-4-3-5-12-34/h6-10,13-16,27H,3-5,11-12H2,1-2H3,(H,31,35)(H,29,30,32). The molecule has 5 rings (SSSR count). The van der Waals surface area contributed by atoms with Gasteiger partial charge in [0.2, 0.25) is 5.95 Å². The van der Waals surface area contributed by atoms with Crippen LogP contribution in [0.3, 0.4) is 0 Å². The Morgan fingerprint density at radius 3 is 2.63 bits per heavy atom. The average Bonchev–Trinajstić information content (AvgIpc) is 2.90. The fraction of sp³-hybridized carbons (Fsp3) is 0.269. The van der Waals surface area contributed by atoms with E-state index in [9.17, 15) is 4.79 Å². The Morgan fingerprint density at radius 2 is 1.80 bits per heavy atom. The van der Waals surface area contributed by atoms with Gasteiger partial charge in [0.25, 0.3) is 5.91 Å². The lowest BCUT2D eigenvalue weighted by atomic mass is 10.1. The van der Waals surface area contributed by atoms with Crippen molar-refractivity contribution in [2.45, 2.75) is 26.2 Å².